The highest BCUT2D eigenvalue weighted by Gasteiger charge is 2.44. The number of anilines is 1. The second-order valence-corrected chi connectivity index (χ2v) is 4.88. The topological polar surface area (TPSA) is 54.0 Å². The van der Waals surface area contributed by atoms with Crippen LogP contribution in [0.1, 0.15) is 19.3 Å². The summed E-state index contributed by atoms with van der Waals surface area (Å²) >= 11 is 0. The summed E-state index contributed by atoms with van der Waals surface area (Å²) in [6.45, 7) is 0. The van der Waals surface area contributed by atoms with Crippen molar-refractivity contribution in [1.82, 2.24) is 0 Å². The number of hydrogen-bond donors (Lipinski definition) is 1. The van der Waals surface area contributed by atoms with Gasteiger partial charge in [-0.3, -0.25) is 9.59 Å². The minimum absolute atomic E-state index is 0.182. The Hall–Kier alpha value is -1.75. The molecule has 1 saturated carbocycles. The van der Waals surface area contributed by atoms with E-state index in [9.17, 15) is 14.0 Å². The highest BCUT2D eigenvalue weighted by Crippen LogP contribution is 2.23. The third kappa shape index (κ3) is 2.01. The quantitative estimate of drug-likeness (QED) is 0.777. The van der Waals surface area contributed by atoms with E-state index < -0.39 is 0 Å². The number of imide groups is 1. The average Bonchev–Trinajstić information content (AvgIpc) is 3.10. The van der Waals surface area contributed by atoms with Gasteiger partial charge in [-0.1, -0.05) is 0 Å². The lowest BCUT2D eigenvalue weighted by atomic mass is 10.2. The van der Waals surface area contributed by atoms with Gasteiger partial charge in [-0.25, -0.2) is 9.29 Å². The van der Waals surface area contributed by atoms with E-state index in [4.69, 9.17) is 0 Å². The Morgan fingerprint density at radius 2 is 1.83 bits per heavy atom. The van der Waals surface area contributed by atoms with Crippen LogP contribution >= 0.6 is 0 Å². The molecule has 1 aromatic rings. The van der Waals surface area contributed by atoms with Gasteiger partial charge < -0.3 is 5.32 Å². The van der Waals surface area contributed by atoms with Crippen molar-refractivity contribution in [2.24, 2.45) is 0 Å². The highest BCUT2D eigenvalue weighted by atomic mass is 19.1. The summed E-state index contributed by atoms with van der Waals surface area (Å²) < 4.78 is 12.8. The summed E-state index contributed by atoms with van der Waals surface area (Å²) in [5.41, 5.74) is 0.457. The summed E-state index contributed by atoms with van der Waals surface area (Å²) in [5.74, 6) is -0.758. The fraction of sp³-hybridized carbons (Fsp3) is 0.385. The minimum Gasteiger partial charge on any atom is -0.333 e. The van der Waals surface area contributed by atoms with Gasteiger partial charge in [0, 0.05) is 12.8 Å². The van der Waals surface area contributed by atoms with Crippen molar-refractivity contribution in [3.63, 3.8) is 0 Å². The van der Waals surface area contributed by atoms with Gasteiger partial charge in [0.2, 0.25) is 5.91 Å². The third-order valence-corrected chi connectivity index (χ3v) is 3.39. The molecular weight excluding hydrogens is 235 g/mol. The first-order chi connectivity index (χ1) is 8.65. The van der Waals surface area contributed by atoms with E-state index in [1.807, 2.05) is 5.32 Å². The number of rotatable bonds is 3. The van der Waals surface area contributed by atoms with Gasteiger partial charge >= 0.3 is 0 Å². The molecule has 1 heterocycles. The number of carbonyl (C=O) groups excluding carboxylic acids is 2. The normalized spacial score (nSPS) is 23.8. The van der Waals surface area contributed by atoms with Crippen molar-refractivity contribution in [3.05, 3.63) is 30.1 Å². The van der Waals surface area contributed by atoms with E-state index in [-0.39, 0.29) is 30.1 Å². The lowest BCUT2D eigenvalue weighted by Crippen LogP contribution is -2.93. The van der Waals surface area contributed by atoms with Gasteiger partial charge in [-0.15, -0.1) is 0 Å². The molecule has 0 bridgehead atoms. The van der Waals surface area contributed by atoms with E-state index in [1.165, 1.54) is 29.2 Å². The number of amides is 2. The van der Waals surface area contributed by atoms with Crippen LogP contribution in [0, 0.1) is 5.82 Å². The van der Waals surface area contributed by atoms with Gasteiger partial charge in [-0.2, -0.15) is 0 Å². The van der Waals surface area contributed by atoms with E-state index in [1.54, 1.807) is 0 Å². The lowest BCUT2D eigenvalue weighted by molar-refractivity contribution is -0.687. The molecule has 3 rings (SSSR count). The zero-order valence-corrected chi connectivity index (χ0v) is 9.80. The molecule has 1 unspecified atom stereocenters. The molecule has 1 atom stereocenters. The molecule has 1 aromatic carbocycles. The predicted molar refractivity (Wildman–Crippen MR) is 62.2 cm³/mol. The molecule has 1 aliphatic carbocycles. The lowest BCUT2D eigenvalue weighted by Gasteiger charge is -2.13. The van der Waals surface area contributed by atoms with Crippen molar-refractivity contribution >= 4 is 17.5 Å². The molecule has 2 amide bonds. The molecule has 2 aliphatic rings. The average molecular weight is 249 g/mol. The smallest absolute Gasteiger partial charge is 0.292 e. The van der Waals surface area contributed by atoms with Crippen LogP contribution in [0.4, 0.5) is 10.1 Å². The second-order valence-electron chi connectivity index (χ2n) is 4.88. The van der Waals surface area contributed by atoms with Gasteiger partial charge in [0.15, 0.2) is 6.04 Å². The van der Waals surface area contributed by atoms with E-state index in [0.29, 0.717) is 11.7 Å². The SMILES string of the molecule is O=C1CC([NH2+]C2CC2)C(=O)N1c1ccc(F)cc1. The molecule has 0 radical (unpaired) electrons. The molecule has 1 saturated heterocycles. The molecule has 2 fully saturated rings. The summed E-state index contributed by atoms with van der Waals surface area (Å²) in [6.07, 6.45) is 2.48. The Kier molecular flexibility index (Phi) is 2.63. The maximum atomic E-state index is 12.8. The molecule has 4 nitrogen and oxygen atoms in total. The summed E-state index contributed by atoms with van der Waals surface area (Å²) in [5, 5.41) is 1.99. The Labute approximate surface area is 104 Å². The molecule has 2 N–H and O–H groups in total. The maximum absolute atomic E-state index is 12.8. The molecular formula is C13H14FN2O2+. The zero-order chi connectivity index (χ0) is 12.7. The standard InChI is InChI=1S/C13H13FN2O2/c14-8-1-5-10(6-2-8)16-12(17)7-11(13(16)18)15-9-3-4-9/h1-2,5-6,9,11,15H,3-4,7H2/p+1. The number of nitrogens with zero attached hydrogens (tertiary/aromatic N) is 1. The van der Waals surface area contributed by atoms with Crippen LogP contribution in [-0.4, -0.2) is 23.9 Å². The number of carbonyl (C=O) groups is 2. The van der Waals surface area contributed by atoms with Crippen LogP contribution in [0.25, 0.3) is 0 Å². The van der Waals surface area contributed by atoms with E-state index in [2.05, 4.69) is 0 Å². The molecule has 18 heavy (non-hydrogen) atoms. The van der Waals surface area contributed by atoms with Crippen molar-refractivity contribution < 1.29 is 19.3 Å². The molecule has 5 heteroatoms. The van der Waals surface area contributed by atoms with Crippen LogP contribution in [-0.2, 0) is 9.59 Å². The fourth-order valence-corrected chi connectivity index (χ4v) is 2.28. The molecule has 0 spiro atoms. The first-order valence-electron chi connectivity index (χ1n) is 6.12. The van der Waals surface area contributed by atoms with Crippen molar-refractivity contribution in [3.8, 4) is 0 Å². The Morgan fingerprint density at radius 1 is 1.17 bits per heavy atom. The van der Waals surface area contributed by atoms with Crippen LogP contribution < -0.4 is 10.2 Å². The summed E-state index contributed by atoms with van der Waals surface area (Å²) in [6, 6.07) is 5.65. The Morgan fingerprint density at radius 3 is 2.44 bits per heavy atom. The summed E-state index contributed by atoms with van der Waals surface area (Å²) in [7, 11) is 0. The Bertz CT molecular complexity index is 496. The molecule has 0 aromatic heterocycles. The van der Waals surface area contributed by atoms with Gasteiger partial charge in [0.1, 0.15) is 5.82 Å². The Balaban J connectivity index is 1.80. The van der Waals surface area contributed by atoms with Crippen molar-refractivity contribution in [2.45, 2.75) is 31.3 Å². The van der Waals surface area contributed by atoms with E-state index in [0.717, 1.165) is 12.8 Å². The zero-order valence-electron chi connectivity index (χ0n) is 9.80. The predicted octanol–water partition coefficient (Wildman–Crippen LogP) is 0.183. The van der Waals surface area contributed by atoms with Gasteiger partial charge in [-0.05, 0) is 24.3 Å². The minimum atomic E-state index is -0.376. The van der Waals surface area contributed by atoms with Crippen molar-refractivity contribution in [2.75, 3.05) is 4.90 Å². The van der Waals surface area contributed by atoms with E-state index >= 15 is 0 Å². The van der Waals surface area contributed by atoms with Gasteiger partial charge in [0.25, 0.3) is 5.91 Å². The molecule has 94 valence electrons. The fourth-order valence-electron chi connectivity index (χ4n) is 2.28. The number of hydrogen-bond acceptors (Lipinski definition) is 2. The number of quaternary nitrogens is 1. The third-order valence-electron chi connectivity index (χ3n) is 3.39. The first kappa shape index (κ1) is 11.3. The van der Waals surface area contributed by atoms with Crippen LogP contribution in [0.3, 0.4) is 0 Å². The number of halogens is 1. The van der Waals surface area contributed by atoms with Crippen LogP contribution in [0.5, 0.6) is 0 Å². The largest absolute Gasteiger partial charge is 0.333 e. The second kappa shape index (κ2) is 4.17. The van der Waals surface area contributed by atoms with Gasteiger partial charge in [0.05, 0.1) is 18.2 Å². The number of nitrogens with two attached hydrogens (primary N) is 1. The maximum Gasteiger partial charge on any atom is 0.292 e. The number of benzene rings is 1. The van der Waals surface area contributed by atoms with Crippen molar-refractivity contribution in [1.29, 1.82) is 0 Å². The first-order valence-corrected chi connectivity index (χ1v) is 6.12. The van der Waals surface area contributed by atoms with Crippen LogP contribution in [0.15, 0.2) is 24.3 Å². The summed E-state index contributed by atoms with van der Waals surface area (Å²) in [4.78, 5) is 25.2. The van der Waals surface area contributed by atoms with Crippen LogP contribution in [0.2, 0.25) is 0 Å². The highest BCUT2D eigenvalue weighted by molar-refractivity contribution is 6.21. The monoisotopic (exact) mass is 249 g/mol. The molecule has 1 aliphatic heterocycles.